The first-order valence-corrected chi connectivity index (χ1v) is 6.20. The normalized spacial score (nSPS) is 19.6. The number of hydrogen-bond acceptors (Lipinski definition) is 3. The lowest BCUT2D eigenvalue weighted by molar-refractivity contribution is -0.141. The summed E-state index contributed by atoms with van der Waals surface area (Å²) in [6.07, 6.45) is -0.0671. The second-order valence-electron chi connectivity index (χ2n) is 4.90. The smallest absolute Gasteiger partial charge is 0.306 e. The largest absolute Gasteiger partial charge is 0.481 e. The van der Waals surface area contributed by atoms with Gasteiger partial charge in [0.15, 0.2) is 6.10 Å². The molecule has 1 aromatic rings. The molecule has 0 aromatic heterocycles. The van der Waals surface area contributed by atoms with E-state index in [2.05, 4.69) is 0 Å². The fraction of sp³-hybridized carbons (Fsp3) is 0.429. The summed E-state index contributed by atoms with van der Waals surface area (Å²) in [4.78, 5) is 24.2. The molecule has 0 spiro atoms. The summed E-state index contributed by atoms with van der Waals surface area (Å²) in [7, 11) is 1.71. The average Bonchev–Trinajstić information content (AvgIpc) is 2.35. The van der Waals surface area contributed by atoms with E-state index in [-0.39, 0.29) is 5.91 Å². The van der Waals surface area contributed by atoms with E-state index < -0.39 is 18.0 Å². The van der Waals surface area contributed by atoms with Crippen molar-refractivity contribution in [1.82, 2.24) is 0 Å². The fourth-order valence-corrected chi connectivity index (χ4v) is 2.13. The van der Waals surface area contributed by atoms with Gasteiger partial charge < -0.3 is 14.7 Å². The molecule has 2 rings (SSSR count). The molecule has 1 heterocycles. The number of nitrogens with zero attached hydrogens (tertiary/aromatic N) is 1. The van der Waals surface area contributed by atoms with Crippen molar-refractivity contribution >= 4 is 17.6 Å². The number of carboxylic acid groups (broad SMARTS) is 1. The van der Waals surface area contributed by atoms with Crippen LogP contribution in [0.5, 0.6) is 5.75 Å². The lowest BCUT2D eigenvalue weighted by Crippen LogP contribution is -2.41. The van der Waals surface area contributed by atoms with Crippen LogP contribution >= 0.6 is 0 Å². The van der Waals surface area contributed by atoms with Crippen molar-refractivity contribution in [2.75, 3.05) is 11.9 Å². The van der Waals surface area contributed by atoms with Crippen molar-refractivity contribution in [3.8, 4) is 5.75 Å². The number of aliphatic carboxylic acids is 1. The van der Waals surface area contributed by atoms with E-state index in [1.807, 2.05) is 12.1 Å². The lowest BCUT2D eigenvalue weighted by Gasteiger charge is -2.30. The molecule has 0 aliphatic carbocycles. The lowest BCUT2D eigenvalue weighted by atomic mass is 10.00. The van der Waals surface area contributed by atoms with Crippen LogP contribution in [0.1, 0.15) is 19.4 Å². The number of anilines is 1. The van der Waals surface area contributed by atoms with Gasteiger partial charge in [-0.1, -0.05) is 13.0 Å². The minimum absolute atomic E-state index is 0.0841. The van der Waals surface area contributed by atoms with Gasteiger partial charge in [-0.15, -0.1) is 0 Å². The maximum absolute atomic E-state index is 11.8. The Bertz CT molecular complexity index is 526. The third kappa shape index (κ3) is 2.54. The van der Waals surface area contributed by atoms with E-state index in [0.717, 1.165) is 11.3 Å². The quantitative estimate of drug-likeness (QED) is 0.901. The van der Waals surface area contributed by atoms with Gasteiger partial charge in [0.1, 0.15) is 5.75 Å². The van der Waals surface area contributed by atoms with Crippen LogP contribution in [0.15, 0.2) is 18.2 Å². The highest BCUT2D eigenvalue weighted by molar-refractivity contribution is 5.99. The molecule has 0 bridgehead atoms. The highest BCUT2D eigenvalue weighted by Gasteiger charge is 2.29. The molecule has 0 fully saturated rings. The minimum Gasteiger partial charge on any atom is -0.481 e. The molecule has 0 saturated heterocycles. The Balaban J connectivity index is 2.27. The Labute approximate surface area is 111 Å². The van der Waals surface area contributed by atoms with Gasteiger partial charge in [0, 0.05) is 7.05 Å². The standard InChI is InChI=1S/C14H17NO4/c1-8(14(17)18)6-10-4-5-11-12(7-10)19-9(2)13(16)15(11)3/h4-5,7-9H,6H2,1-3H3,(H,17,18). The summed E-state index contributed by atoms with van der Waals surface area (Å²) in [6.45, 7) is 3.37. The van der Waals surface area contributed by atoms with E-state index >= 15 is 0 Å². The molecule has 0 radical (unpaired) electrons. The predicted molar refractivity (Wildman–Crippen MR) is 70.4 cm³/mol. The number of carbonyl (C=O) groups excluding carboxylic acids is 1. The van der Waals surface area contributed by atoms with Gasteiger partial charge in [0.2, 0.25) is 0 Å². The van der Waals surface area contributed by atoms with Crippen molar-refractivity contribution in [2.24, 2.45) is 5.92 Å². The summed E-state index contributed by atoms with van der Waals surface area (Å²) in [6, 6.07) is 5.44. The molecule has 1 aliphatic rings. The molecule has 19 heavy (non-hydrogen) atoms. The number of carboxylic acids is 1. The number of ether oxygens (including phenoxy) is 1. The monoisotopic (exact) mass is 263 g/mol. The molecule has 1 N–H and O–H groups in total. The van der Waals surface area contributed by atoms with Gasteiger partial charge in [-0.25, -0.2) is 0 Å². The second kappa shape index (κ2) is 4.91. The van der Waals surface area contributed by atoms with Gasteiger partial charge in [-0.2, -0.15) is 0 Å². The van der Waals surface area contributed by atoms with Crippen LogP contribution in [-0.4, -0.2) is 30.1 Å². The minimum atomic E-state index is -0.820. The van der Waals surface area contributed by atoms with Crippen molar-refractivity contribution in [3.05, 3.63) is 23.8 Å². The molecule has 2 unspecified atom stereocenters. The summed E-state index contributed by atoms with van der Waals surface area (Å²) < 4.78 is 5.56. The maximum atomic E-state index is 11.8. The summed E-state index contributed by atoms with van der Waals surface area (Å²) in [5.74, 6) is -0.721. The van der Waals surface area contributed by atoms with Crippen LogP contribution in [-0.2, 0) is 16.0 Å². The Morgan fingerprint density at radius 3 is 2.84 bits per heavy atom. The first-order valence-electron chi connectivity index (χ1n) is 6.20. The fourth-order valence-electron chi connectivity index (χ4n) is 2.13. The highest BCUT2D eigenvalue weighted by atomic mass is 16.5. The van der Waals surface area contributed by atoms with Gasteiger partial charge in [0.25, 0.3) is 5.91 Å². The van der Waals surface area contributed by atoms with Gasteiger partial charge in [-0.05, 0) is 31.0 Å². The average molecular weight is 263 g/mol. The first kappa shape index (κ1) is 13.4. The molecule has 5 heteroatoms. The number of benzene rings is 1. The van der Waals surface area contributed by atoms with Crippen LogP contribution < -0.4 is 9.64 Å². The van der Waals surface area contributed by atoms with Crippen molar-refractivity contribution in [2.45, 2.75) is 26.4 Å². The van der Waals surface area contributed by atoms with Crippen LogP contribution in [0.25, 0.3) is 0 Å². The molecule has 5 nitrogen and oxygen atoms in total. The van der Waals surface area contributed by atoms with Crippen LogP contribution in [0.4, 0.5) is 5.69 Å². The van der Waals surface area contributed by atoms with E-state index in [4.69, 9.17) is 9.84 Å². The maximum Gasteiger partial charge on any atom is 0.306 e. The molecular weight excluding hydrogens is 246 g/mol. The molecular formula is C14H17NO4. The van der Waals surface area contributed by atoms with Crippen LogP contribution in [0.2, 0.25) is 0 Å². The number of likely N-dealkylation sites (N-methyl/N-ethyl adjacent to an activating group) is 1. The van der Waals surface area contributed by atoms with Crippen molar-refractivity contribution in [3.63, 3.8) is 0 Å². The molecule has 1 amide bonds. The number of hydrogen-bond donors (Lipinski definition) is 1. The first-order chi connectivity index (χ1) is 8.90. The topological polar surface area (TPSA) is 66.8 Å². The summed E-state index contributed by atoms with van der Waals surface area (Å²) in [5, 5.41) is 8.92. The molecule has 1 aliphatic heterocycles. The number of rotatable bonds is 3. The molecule has 1 aromatic carbocycles. The Morgan fingerprint density at radius 2 is 2.21 bits per heavy atom. The molecule has 0 saturated carbocycles. The number of carbonyl (C=O) groups is 2. The van der Waals surface area contributed by atoms with Crippen molar-refractivity contribution < 1.29 is 19.4 Å². The molecule has 2 atom stereocenters. The summed E-state index contributed by atoms with van der Waals surface area (Å²) in [5.41, 5.74) is 1.61. The van der Waals surface area contributed by atoms with Crippen molar-refractivity contribution in [1.29, 1.82) is 0 Å². The van der Waals surface area contributed by atoms with E-state index in [1.54, 1.807) is 31.9 Å². The van der Waals surface area contributed by atoms with Crippen LogP contribution in [0, 0.1) is 5.92 Å². The van der Waals surface area contributed by atoms with E-state index in [9.17, 15) is 9.59 Å². The Kier molecular flexibility index (Phi) is 3.46. The molecule has 102 valence electrons. The SMILES string of the molecule is CC(Cc1ccc2c(c1)OC(C)C(=O)N2C)C(=O)O. The Hall–Kier alpha value is -2.04. The second-order valence-corrected chi connectivity index (χ2v) is 4.90. The van der Waals surface area contributed by atoms with E-state index in [1.165, 1.54) is 0 Å². The Morgan fingerprint density at radius 1 is 1.53 bits per heavy atom. The van der Waals surface area contributed by atoms with Gasteiger partial charge in [0.05, 0.1) is 11.6 Å². The third-order valence-electron chi connectivity index (χ3n) is 3.33. The third-order valence-corrected chi connectivity index (χ3v) is 3.33. The summed E-state index contributed by atoms with van der Waals surface area (Å²) >= 11 is 0. The predicted octanol–water partition coefficient (Wildman–Crippen LogP) is 1.69. The zero-order valence-electron chi connectivity index (χ0n) is 11.2. The zero-order chi connectivity index (χ0) is 14.2. The number of amides is 1. The van der Waals surface area contributed by atoms with E-state index in [0.29, 0.717) is 12.2 Å². The van der Waals surface area contributed by atoms with Gasteiger partial charge in [-0.3, -0.25) is 9.59 Å². The zero-order valence-corrected chi connectivity index (χ0v) is 11.2. The highest BCUT2D eigenvalue weighted by Crippen LogP contribution is 2.34. The van der Waals surface area contributed by atoms with Gasteiger partial charge >= 0.3 is 5.97 Å². The van der Waals surface area contributed by atoms with Crippen LogP contribution in [0.3, 0.4) is 0 Å². The number of fused-ring (bicyclic) bond motifs is 1.